The molecular weight excluding hydrogens is 504 g/mol. The number of ketones is 1. The van der Waals surface area contributed by atoms with Crippen molar-refractivity contribution in [1.82, 2.24) is 4.98 Å². The number of thiazole rings is 1. The van der Waals surface area contributed by atoms with E-state index in [9.17, 15) is 19.8 Å². The molecule has 2 aliphatic heterocycles. The van der Waals surface area contributed by atoms with Crippen LogP contribution < -0.4 is 14.4 Å². The summed E-state index contributed by atoms with van der Waals surface area (Å²) in [4.78, 5) is 32.9. The lowest BCUT2D eigenvalue weighted by molar-refractivity contribution is -0.132. The van der Waals surface area contributed by atoms with Gasteiger partial charge in [0.1, 0.15) is 29.1 Å². The average molecular weight is 529 g/mol. The van der Waals surface area contributed by atoms with E-state index >= 15 is 0 Å². The van der Waals surface area contributed by atoms with Gasteiger partial charge in [-0.25, -0.2) is 4.98 Å². The summed E-state index contributed by atoms with van der Waals surface area (Å²) in [5, 5.41) is 21.6. The number of aromatic hydroxyl groups is 1. The number of hydrogen-bond acceptors (Lipinski definition) is 8. The number of hydrogen-bond donors (Lipinski definition) is 2. The summed E-state index contributed by atoms with van der Waals surface area (Å²) < 4.78 is 12.2. The van der Waals surface area contributed by atoms with Crippen LogP contribution in [0, 0.1) is 0 Å². The van der Waals surface area contributed by atoms with Crippen molar-refractivity contribution in [2.45, 2.75) is 32.4 Å². The molecule has 1 saturated heterocycles. The zero-order valence-corrected chi connectivity index (χ0v) is 21.5. The molecule has 2 atom stereocenters. The molecule has 2 unspecified atom stereocenters. The first kappa shape index (κ1) is 24.0. The molecule has 3 aromatic carbocycles. The molecule has 1 fully saturated rings. The third kappa shape index (κ3) is 3.95. The molecule has 3 heterocycles. The molecule has 0 bridgehead atoms. The monoisotopic (exact) mass is 528 g/mol. The van der Waals surface area contributed by atoms with Gasteiger partial charge in [0.25, 0.3) is 5.78 Å². The van der Waals surface area contributed by atoms with Gasteiger partial charge in [-0.3, -0.25) is 14.5 Å². The second-order valence-corrected chi connectivity index (χ2v) is 10.3. The number of rotatable bonds is 5. The van der Waals surface area contributed by atoms with Crippen LogP contribution in [0.25, 0.3) is 16.0 Å². The van der Waals surface area contributed by atoms with Crippen molar-refractivity contribution in [2.24, 2.45) is 0 Å². The highest BCUT2D eigenvalue weighted by Gasteiger charge is 2.48. The lowest BCUT2D eigenvalue weighted by Gasteiger charge is -2.23. The summed E-state index contributed by atoms with van der Waals surface area (Å²) >= 11 is 1.26. The summed E-state index contributed by atoms with van der Waals surface area (Å²) in [5.41, 5.74) is 2.52. The molecule has 0 saturated carbocycles. The maximum atomic E-state index is 13.5. The number of phenolic OH excluding ortho intramolecular Hbond substituents is 1. The van der Waals surface area contributed by atoms with Gasteiger partial charge in [-0.15, -0.1) is 0 Å². The molecule has 0 aliphatic carbocycles. The summed E-state index contributed by atoms with van der Waals surface area (Å²) in [6.45, 7) is 4.37. The summed E-state index contributed by atoms with van der Waals surface area (Å²) in [6, 6.07) is 16.0. The SMILES string of the molecule is CCOc1ccc2nc(N3C(=O)C(=O)C(=C(O)c4ccc5c(c4)CC(C)O5)C3c3ccc(O)cc3)sc2c1. The highest BCUT2D eigenvalue weighted by atomic mass is 32.1. The Morgan fingerprint density at radius 2 is 1.92 bits per heavy atom. The Hall–Kier alpha value is -4.37. The van der Waals surface area contributed by atoms with E-state index in [0.29, 0.717) is 40.6 Å². The molecule has 0 radical (unpaired) electrons. The van der Waals surface area contributed by atoms with E-state index in [-0.39, 0.29) is 23.2 Å². The number of amides is 1. The normalized spacial score (nSPS) is 20.1. The number of benzene rings is 3. The number of Topliss-reactive ketones (excluding diaryl/α,β-unsaturated/α-hetero) is 1. The standard InChI is InChI=1S/C29H24N2O6S/c1-3-36-20-9-10-21-23(14-20)38-29(30-21)31-25(16-4-7-19(32)8-5-16)24(27(34)28(31)35)26(33)17-6-11-22-18(13-17)12-15(2)37-22/h4-11,13-15,25,32-33H,3,12H2,1-2H3. The zero-order valence-electron chi connectivity index (χ0n) is 20.7. The maximum absolute atomic E-state index is 13.5. The molecule has 4 aromatic rings. The first-order valence-corrected chi connectivity index (χ1v) is 13.1. The van der Waals surface area contributed by atoms with Crippen molar-refractivity contribution in [2.75, 3.05) is 11.5 Å². The quantitative estimate of drug-likeness (QED) is 0.204. The number of aliphatic hydroxyl groups excluding tert-OH is 1. The van der Waals surface area contributed by atoms with Gasteiger partial charge >= 0.3 is 5.91 Å². The topological polar surface area (TPSA) is 109 Å². The molecule has 192 valence electrons. The van der Waals surface area contributed by atoms with Crippen LogP contribution in [-0.2, 0) is 16.0 Å². The lowest BCUT2D eigenvalue weighted by Crippen LogP contribution is -2.29. The van der Waals surface area contributed by atoms with Crippen molar-refractivity contribution in [3.8, 4) is 17.2 Å². The van der Waals surface area contributed by atoms with Crippen LogP contribution in [-0.4, -0.2) is 39.6 Å². The van der Waals surface area contributed by atoms with Gasteiger partial charge < -0.3 is 19.7 Å². The molecule has 2 aliphatic rings. The van der Waals surface area contributed by atoms with Gasteiger partial charge in [-0.2, -0.15) is 0 Å². The first-order chi connectivity index (χ1) is 18.3. The number of carbonyl (C=O) groups excluding carboxylic acids is 2. The fraction of sp³-hybridized carbons (Fsp3) is 0.207. The highest BCUT2D eigenvalue weighted by Crippen LogP contribution is 2.45. The van der Waals surface area contributed by atoms with Gasteiger partial charge in [-0.1, -0.05) is 23.5 Å². The number of anilines is 1. The fourth-order valence-corrected chi connectivity index (χ4v) is 6.00. The number of fused-ring (bicyclic) bond motifs is 2. The van der Waals surface area contributed by atoms with E-state index in [4.69, 9.17) is 9.47 Å². The first-order valence-electron chi connectivity index (χ1n) is 12.3. The second-order valence-electron chi connectivity index (χ2n) is 9.27. The van der Waals surface area contributed by atoms with Crippen molar-refractivity contribution >= 4 is 44.1 Å². The number of aliphatic hydroxyl groups is 1. The maximum Gasteiger partial charge on any atom is 0.301 e. The number of phenols is 1. The van der Waals surface area contributed by atoms with Crippen molar-refractivity contribution in [1.29, 1.82) is 0 Å². The van der Waals surface area contributed by atoms with Crippen LogP contribution >= 0.6 is 11.3 Å². The number of nitrogens with zero attached hydrogens (tertiary/aromatic N) is 2. The summed E-state index contributed by atoms with van der Waals surface area (Å²) in [7, 11) is 0. The van der Waals surface area contributed by atoms with Crippen LogP contribution in [0.5, 0.6) is 17.2 Å². The van der Waals surface area contributed by atoms with Crippen LogP contribution in [0.4, 0.5) is 5.13 Å². The molecule has 2 N–H and O–H groups in total. The Morgan fingerprint density at radius 3 is 2.68 bits per heavy atom. The highest BCUT2D eigenvalue weighted by molar-refractivity contribution is 7.22. The van der Waals surface area contributed by atoms with Crippen molar-refractivity contribution in [3.05, 3.63) is 82.9 Å². The Balaban J connectivity index is 1.50. The largest absolute Gasteiger partial charge is 0.508 e. The van der Waals surface area contributed by atoms with Gasteiger partial charge in [0.05, 0.1) is 28.4 Å². The average Bonchev–Trinajstić information content (AvgIpc) is 3.56. The van der Waals surface area contributed by atoms with E-state index in [1.807, 2.05) is 19.9 Å². The van der Waals surface area contributed by atoms with Gasteiger partial charge in [0, 0.05) is 12.0 Å². The van der Waals surface area contributed by atoms with E-state index in [1.165, 1.54) is 28.4 Å². The van der Waals surface area contributed by atoms with Gasteiger partial charge in [-0.05, 0) is 73.5 Å². The third-order valence-corrected chi connectivity index (χ3v) is 7.71. The molecule has 1 aromatic heterocycles. The van der Waals surface area contributed by atoms with Crippen molar-refractivity contribution in [3.63, 3.8) is 0 Å². The Labute approximate surface area is 222 Å². The fourth-order valence-electron chi connectivity index (χ4n) is 4.98. The van der Waals surface area contributed by atoms with Crippen LogP contribution in [0.2, 0.25) is 0 Å². The van der Waals surface area contributed by atoms with E-state index in [0.717, 1.165) is 16.0 Å². The second kappa shape index (κ2) is 9.18. The van der Waals surface area contributed by atoms with E-state index in [1.54, 1.807) is 42.5 Å². The third-order valence-electron chi connectivity index (χ3n) is 6.69. The molecule has 38 heavy (non-hydrogen) atoms. The molecule has 9 heteroatoms. The van der Waals surface area contributed by atoms with Crippen LogP contribution in [0.15, 0.2) is 66.2 Å². The van der Waals surface area contributed by atoms with Gasteiger partial charge in [0.2, 0.25) is 0 Å². The smallest absolute Gasteiger partial charge is 0.301 e. The Kier molecular flexibility index (Phi) is 5.80. The Bertz CT molecular complexity index is 1620. The molecule has 8 nitrogen and oxygen atoms in total. The molecule has 6 rings (SSSR count). The van der Waals surface area contributed by atoms with Crippen LogP contribution in [0.1, 0.15) is 36.6 Å². The van der Waals surface area contributed by atoms with Gasteiger partial charge in [0.15, 0.2) is 5.13 Å². The molecule has 0 spiro atoms. The summed E-state index contributed by atoms with van der Waals surface area (Å²) in [5.74, 6) is -0.396. The van der Waals surface area contributed by atoms with Crippen LogP contribution in [0.3, 0.4) is 0 Å². The minimum atomic E-state index is -0.939. The number of ether oxygens (including phenoxy) is 2. The van der Waals surface area contributed by atoms with Crippen molar-refractivity contribution < 1.29 is 29.3 Å². The summed E-state index contributed by atoms with van der Waals surface area (Å²) in [6.07, 6.45) is 0.703. The zero-order chi connectivity index (χ0) is 26.6. The van der Waals surface area contributed by atoms with E-state index < -0.39 is 17.7 Å². The molecule has 1 amide bonds. The van der Waals surface area contributed by atoms with E-state index in [2.05, 4.69) is 4.98 Å². The predicted molar refractivity (Wildman–Crippen MR) is 144 cm³/mol. The lowest BCUT2D eigenvalue weighted by atomic mass is 9.94. The minimum absolute atomic E-state index is 0.0206. The predicted octanol–water partition coefficient (Wildman–Crippen LogP) is 5.35. The number of carbonyl (C=O) groups is 2. The Morgan fingerprint density at radius 1 is 1.13 bits per heavy atom. The minimum Gasteiger partial charge on any atom is -0.508 e. The molecular formula is C29H24N2O6S. The number of aromatic nitrogens is 1.